The second-order valence-electron chi connectivity index (χ2n) is 4.09. The Hall–Kier alpha value is -2.10. The summed E-state index contributed by atoms with van der Waals surface area (Å²) in [4.78, 5) is 11.0. The molecule has 3 nitrogen and oxygen atoms in total. The van der Waals surface area contributed by atoms with E-state index in [0.29, 0.717) is 11.9 Å². The Morgan fingerprint density at radius 1 is 1.33 bits per heavy atom. The lowest BCUT2D eigenvalue weighted by atomic mass is 10.0. The average molecular weight is 247 g/mol. The Labute approximate surface area is 105 Å². The molecule has 0 aliphatic carbocycles. The van der Waals surface area contributed by atoms with Gasteiger partial charge in [-0.1, -0.05) is 18.2 Å². The zero-order valence-corrected chi connectivity index (χ0v) is 10.3. The monoisotopic (exact) mass is 247 g/mol. The second-order valence-corrected chi connectivity index (χ2v) is 4.09. The second kappa shape index (κ2) is 5.04. The number of carbonyl (C=O) groups is 1. The molecule has 94 valence electrons. The third-order valence-corrected chi connectivity index (χ3v) is 2.83. The van der Waals surface area contributed by atoms with Crippen LogP contribution in [-0.4, -0.2) is 13.2 Å². The zero-order chi connectivity index (χ0) is 13.1. The Balaban J connectivity index is 2.36. The van der Waals surface area contributed by atoms with Crippen LogP contribution in [0.3, 0.4) is 0 Å². The van der Waals surface area contributed by atoms with E-state index >= 15 is 0 Å². The van der Waals surface area contributed by atoms with Crippen molar-refractivity contribution < 1.29 is 13.9 Å². The molecule has 0 unspecified atom stereocenters. The van der Waals surface area contributed by atoms with Gasteiger partial charge in [-0.25, -0.2) is 9.18 Å². The van der Waals surface area contributed by atoms with Crippen molar-refractivity contribution in [3.8, 4) is 0 Å². The van der Waals surface area contributed by atoms with Crippen LogP contribution in [-0.2, 0) is 11.3 Å². The smallest absolute Gasteiger partial charge is 0.407 e. The lowest BCUT2D eigenvalue weighted by Crippen LogP contribution is -2.22. The van der Waals surface area contributed by atoms with E-state index in [2.05, 4.69) is 10.1 Å². The van der Waals surface area contributed by atoms with Crippen LogP contribution in [0, 0.1) is 12.7 Å². The Kier molecular flexibility index (Phi) is 3.46. The van der Waals surface area contributed by atoms with Crippen LogP contribution in [0.4, 0.5) is 9.18 Å². The maximum Gasteiger partial charge on any atom is 0.407 e. The molecule has 0 bridgehead atoms. The van der Waals surface area contributed by atoms with E-state index in [1.165, 1.54) is 13.2 Å². The SMILES string of the molecule is COC(=O)NCc1cc(C)c2cccc(F)c2c1. The highest BCUT2D eigenvalue weighted by Crippen LogP contribution is 2.23. The van der Waals surface area contributed by atoms with Crippen LogP contribution >= 0.6 is 0 Å². The Morgan fingerprint density at radius 2 is 2.11 bits per heavy atom. The number of fused-ring (bicyclic) bond motifs is 1. The zero-order valence-electron chi connectivity index (χ0n) is 10.3. The van der Waals surface area contributed by atoms with Gasteiger partial charge >= 0.3 is 6.09 Å². The van der Waals surface area contributed by atoms with Crippen LogP contribution in [0.1, 0.15) is 11.1 Å². The molecule has 0 radical (unpaired) electrons. The molecule has 0 aliphatic rings. The quantitative estimate of drug-likeness (QED) is 0.885. The Morgan fingerprint density at radius 3 is 2.83 bits per heavy atom. The van der Waals surface area contributed by atoms with E-state index in [0.717, 1.165) is 16.5 Å². The predicted octanol–water partition coefficient (Wildman–Crippen LogP) is 3.14. The van der Waals surface area contributed by atoms with Gasteiger partial charge < -0.3 is 10.1 Å². The standard InChI is InChI=1S/C14H14FNO2/c1-9-6-10(8-16-14(17)18-2)7-12-11(9)4-3-5-13(12)15/h3-7H,8H2,1-2H3,(H,16,17). The van der Waals surface area contributed by atoms with E-state index in [9.17, 15) is 9.18 Å². The summed E-state index contributed by atoms with van der Waals surface area (Å²) in [5.74, 6) is -0.254. The maximum atomic E-state index is 13.7. The molecule has 2 aromatic rings. The summed E-state index contributed by atoms with van der Waals surface area (Å²) >= 11 is 0. The molecule has 0 aromatic heterocycles. The number of amides is 1. The first kappa shape index (κ1) is 12.4. The van der Waals surface area contributed by atoms with Gasteiger partial charge in [-0.05, 0) is 35.6 Å². The molecule has 0 atom stereocenters. The van der Waals surface area contributed by atoms with Crippen LogP contribution in [0.25, 0.3) is 10.8 Å². The third-order valence-electron chi connectivity index (χ3n) is 2.83. The molecule has 0 fully saturated rings. The summed E-state index contributed by atoms with van der Waals surface area (Å²) in [5.41, 5.74) is 1.82. The number of ether oxygens (including phenoxy) is 1. The maximum absolute atomic E-state index is 13.7. The van der Waals surface area contributed by atoms with Crippen LogP contribution < -0.4 is 5.32 Å². The molecule has 2 rings (SSSR count). The van der Waals surface area contributed by atoms with Gasteiger partial charge in [0.25, 0.3) is 0 Å². The number of nitrogens with one attached hydrogen (secondary N) is 1. The number of benzene rings is 2. The highest BCUT2D eigenvalue weighted by atomic mass is 19.1. The molecule has 1 N–H and O–H groups in total. The van der Waals surface area contributed by atoms with Crippen LogP contribution in [0.2, 0.25) is 0 Å². The summed E-state index contributed by atoms with van der Waals surface area (Å²) < 4.78 is 18.2. The third kappa shape index (κ3) is 2.42. The fraction of sp³-hybridized carbons (Fsp3) is 0.214. The molecule has 2 aromatic carbocycles. The molecule has 1 amide bonds. The van der Waals surface area contributed by atoms with Gasteiger partial charge in [0.2, 0.25) is 0 Å². The average Bonchev–Trinajstić information content (AvgIpc) is 2.37. The van der Waals surface area contributed by atoms with E-state index in [1.807, 2.05) is 19.1 Å². The summed E-state index contributed by atoms with van der Waals surface area (Å²) in [6.07, 6.45) is -0.499. The number of carbonyl (C=O) groups excluding carboxylic acids is 1. The van der Waals surface area contributed by atoms with Crippen LogP contribution in [0.5, 0.6) is 0 Å². The summed E-state index contributed by atoms with van der Waals surface area (Å²) in [6.45, 7) is 2.24. The molecule has 4 heteroatoms. The normalized spacial score (nSPS) is 10.4. The molecule has 0 saturated carbocycles. The van der Waals surface area contributed by atoms with Crippen molar-refractivity contribution in [1.82, 2.24) is 5.32 Å². The van der Waals surface area contributed by atoms with Crippen molar-refractivity contribution in [2.75, 3.05) is 7.11 Å². The predicted molar refractivity (Wildman–Crippen MR) is 67.9 cm³/mol. The fourth-order valence-electron chi connectivity index (χ4n) is 1.96. The Bertz CT molecular complexity index is 596. The summed E-state index contributed by atoms with van der Waals surface area (Å²) in [6, 6.07) is 8.67. The molecule has 18 heavy (non-hydrogen) atoms. The number of halogens is 1. The van der Waals surface area contributed by atoms with E-state index in [4.69, 9.17) is 0 Å². The van der Waals surface area contributed by atoms with Gasteiger partial charge in [-0.2, -0.15) is 0 Å². The van der Waals surface area contributed by atoms with E-state index in [1.54, 1.807) is 12.1 Å². The van der Waals surface area contributed by atoms with Gasteiger partial charge in [-0.3, -0.25) is 0 Å². The summed E-state index contributed by atoms with van der Waals surface area (Å²) in [7, 11) is 1.31. The minimum absolute atomic E-state index is 0.254. The molecule has 0 heterocycles. The first-order chi connectivity index (χ1) is 8.61. The highest BCUT2D eigenvalue weighted by molar-refractivity contribution is 5.86. The highest BCUT2D eigenvalue weighted by Gasteiger charge is 2.06. The summed E-state index contributed by atoms with van der Waals surface area (Å²) in [5, 5.41) is 4.03. The first-order valence-corrected chi connectivity index (χ1v) is 5.61. The van der Waals surface area contributed by atoms with Gasteiger partial charge in [0.05, 0.1) is 7.11 Å². The van der Waals surface area contributed by atoms with Crippen molar-refractivity contribution in [2.45, 2.75) is 13.5 Å². The molecule has 0 spiro atoms. The van der Waals surface area contributed by atoms with Gasteiger partial charge in [0.1, 0.15) is 5.82 Å². The number of rotatable bonds is 2. The van der Waals surface area contributed by atoms with Crippen molar-refractivity contribution in [3.63, 3.8) is 0 Å². The van der Waals surface area contributed by atoms with Crippen LogP contribution in [0.15, 0.2) is 30.3 Å². The lowest BCUT2D eigenvalue weighted by molar-refractivity contribution is 0.170. The minimum Gasteiger partial charge on any atom is -0.453 e. The lowest BCUT2D eigenvalue weighted by Gasteiger charge is -2.08. The van der Waals surface area contributed by atoms with Crippen molar-refractivity contribution in [1.29, 1.82) is 0 Å². The molecule has 0 saturated heterocycles. The van der Waals surface area contributed by atoms with Crippen molar-refractivity contribution in [3.05, 3.63) is 47.3 Å². The number of hydrogen-bond acceptors (Lipinski definition) is 2. The van der Waals surface area contributed by atoms with Crippen molar-refractivity contribution >= 4 is 16.9 Å². The number of methoxy groups -OCH3 is 1. The molecular weight excluding hydrogens is 233 g/mol. The minimum atomic E-state index is -0.499. The van der Waals surface area contributed by atoms with Gasteiger partial charge in [-0.15, -0.1) is 0 Å². The first-order valence-electron chi connectivity index (χ1n) is 5.61. The number of alkyl carbamates (subject to hydrolysis) is 1. The molecule has 0 aliphatic heterocycles. The number of hydrogen-bond donors (Lipinski definition) is 1. The van der Waals surface area contributed by atoms with E-state index < -0.39 is 6.09 Å². The number of aryl methyl sites for hydroxylation is 1. The molecular formula is C14H14FNO2. The fourth-order valence-corrected chi connectivity index (χ4v) is 1.96. The van der Waals surface area contributed by atoms with E-state index in [-0.39, 0.29) is 5.82 Å². The van der Waals surface area contributed by atoms with Gasteiger partial charge in [0, 0.05) is 11.9 Å². The largest absolute Gasteiger partial charge is 0.453 e. The topological polar surface area (TPSA) is 38.3 Å². The van der Waals surface area contributed by atoms with Crippen molar-refractivity contribution in [2.24, 2.45) is 0 Å². The van der Waals surface area contributed by atoms with Gasteiger partial charge in [0.15, 0.2) is 0 Å².